The highest BCUT2D eigenvalue weighted by Gasteiger charge is 2.39. The van der Waals surface area contributed by atoms with E-state index in [-0.39, 0.29) is 23.8 Å². The summed E-state index contributed by atoms with van der Waals surface area (Å²) in [6.45, 7) is 2.08. The van der Waals surface area contributed by atoms with Gasteiger partial charge in [-0.3, -0.25) is 9.59 Å². The molecule has 140 valence electrons. The predicted octanol–water partition coefficient (Wildman–Crippen LogP) is 3.67. The van der Waals surface area contributed by atoms with Crippen LogP contribution in [0.25, 0.3) is 0 Å². The molecule has 0 radical (unpaired) electrons. The number of rotatable bonds is 4. The van der Waals surface area contributed by atoms with E-state index in [2.05, 4.69) is 17.6 Å². The number of carbonyl (C=O) groups excluding carboxylic acids is 2. The third kappa shape index (κ3) is 3.82. The Morgan fingerprint density at radius 3 is 2.56 bits per heavy atom. The van der Waals surface area contributed by atoms with Gasteiger partial charge in [0.1, 0.15) is 0 Å². The van der Waals surface area contributed by atoms with Gasteiger partial charge >= 0.3 is 0 Å². The molecule has 1 saturated carbocycles. The molecule has 0 saturated heterocycles. The zero-order valence-electron chi connectivity index (χ0n) is 15.5. The number of benzene rings is 2. The number of aryl methyl sites for hydroxylation is 1. The molecule has 3 atom stereocenters. The normalized spacial score (nSPS) is 23.2. The number of nitrogens with two attached hydrogens (primary N) is 1. The molecule has 0 heterocycles. The maximum atomic E-state index is 12.7. The minimum atomic E-state index is -0.0987. The Kier molecular flexibility index (Phi) is 4.60. The van der Waals surface area contributed by atoms with Gasteiger partial charge in [-0.15, -0.1) is 0 Å². The van der Waals surface area contributed by atoms with Crippen LogP contribution in [0.4, 0.5) is 11.4 Å². The van der Waals surface area contributed by atoms with Crippen LogP contribution in [0, 0.1) is 11.8 Å². The number of nitrogen functional groups attached to an aromatic ring is 1. The number of amides is 2. The zero-order chi connectivity index (χ0) is 19.0. The van der Waals surface area contributed by atoms with Gasteiger partial charge in [0.15, 0.2) is 0 Å². The van der Waals surface area contributed by atoms with Gasteiger partial charge in [0.25, 0.3) is 5.91 Å². The summed E-state index contributed by atoms with van der Waals surface area (Å²) in [6, 6.07) is 13.0. The minimum absolute atomic E-state index is 0.0117. The Morgan fingerprint density at radius 1 is 1.11 bits per heavy atom. The van der Waals surface area contributed by atoms with Gasteiger partial charge in [-0.05, 0) is 79.1 Å². The third-order valence-corrected chi connectivity index (χ3v) is 5.65. The Hall–Kier alpha value is -2.82. The van der Waals surface area contributed by atoms with Gasteiger partial charge < -0.3 is 16.4 Å². The first-order valence-electron chi connectivity index (χ1n) is 9.61. The van der Waals surface area contributed by atoms with Crippen molar-refractivity contribution >= 4 is 23.2 Å². The number of fused-ring (bicyclic) bond motifs is 1. The van der Waals surface area contributed by atoms with Crippen LogP contribution in [0.15, 0.2) is 42.5 Å². The number of carbonyl (C=O) groups is 2. The van der Waals surface area contributed by atoms with Crippen molar-refractivity contribution in [2.45, 2.75) is 38.6 Å². The SMILES string of the molecule is CC1CC1C(=O)Nc1ccc(C(=O)NC2CCCc3cc(N)ccc32)cc1. The van der Waals surface area contributed by atoms with Crippen LogP contribution in [0.2, 0.25) is 0 Å². The maximum absolute atomic E-state index is 12.7. The third-order valence-electron chi connectivity index (χ3n) is 5.65. The number of nitrogens with one attached hydrogen (secondary N) is 2. The lowest BCUT2D eigenvalue weighted by Crippen LogP contribution is -2.31. The molecule has 4 rings (SSSR count). The summed E-state index contributed by atoms with van der Waals surface area (Å²) in [5.41, 5.74) is 10.3. The molecule has 0 aliphatic heterocycles. The molecule has 3 unspecified atom stereocenters. The van der Waals surface area contributed by atoms with Gasteiger partial charge in [0.2, 0.25) is 5.91 Å². The van der Waals surface area contributed by atoms with Crippen molar-refractivity contribution in [1.29, 1.82) is 0 Å². The summed E-state index contributed by atoms with van der Waals surface area (Å²) in [5, 5.41) is 6.06. The quantitative estimate of drug-likeness (QED) is 0.725. The van der Waals surface area contributed by atoms with Crippen LogP contribution in [-0.4, -0.2) is 11.8 Å². The highest BCUT2D eigenvalue weighted by atomic mass is 16.2. The molecule has 2 amide bonds. The van der Waals surface area contributed by atoms with Crippen molar-refractivity contribution in [2.24, 2.45) is 11.8 Å². The molecule has 0 bridgehead atoms. The molecule has 2 aromatic rings. The number of anilines is 2. The first-order valence-corrected chi connectivity index (χ1v) is 9.61. The molecule has 27 heavy (non-hydrogen) atoms. The highest BCUT2D eigenvalue weighted by Crippen LogP contribution is 2.38. The molecular formula is C22H25N3O2. The average Bonchev–Trinajstić information content (AvgIpc) is 3.39. The fourth-order valence-electron chi connectivity index (χ4n) is 3.85. The van der Waals surface area contributed by atoms with Crippen LogP contribution in [0.3, 0.4) is 0 Å². The molecular weight excluding hydrogens is 338 g/mol. The lowest BCUT2D eigenvalue weighted by atomic mass is 9.87. The highest BCUT2D eigenvalue weighted by molar-refractivity contribution is 5.97. The van der Waals surface area contributed by atoms with Crippen LogP contribution in [0.5, 0.6) is 0 Å². The van der Waals surface area contributed by atoms with E-state index in [0.29, 0.717) is 11.5 Å². The van der Waals surface area contributed by atoms with Crippen molar-refractivity contribution in [2.75, 3.05) is 11.1 Å². The first-order chi connectivity index (χ1) is 13.0. The van der Waals surface area contributed by atoms with Gasteiger partial charge in [-0.25, -0.2) is 0 Å². The maximum Gasteiger partial charge on any atom is 0.251 e. The van der Waals surface area contributed by atoms with Gasteiger partial charge in [0, 0.05) is 22.9 Å². The van der Waals surface area contributed by atoms with E-state index in [1.165, 1.54) is 5.56 Å². The molecule has 0 spiro atoms. The Bertz CT molecular complexity index is 876. The second-order valence-electron chi connectivity index (χ2n) is 7.76. The molecule has 1 fully saturated rings. The Balaban J connectivity index is 1.41. The van der Waals surface area contributed by atoms with Crippen LogP contribution in [0.1, 0.15) is 53.7 Å². The van der Waals surface area contributed by atoms with E-state index in [1.807, 2.05) is 18.2 Å². The molecule has 2 aliphatic rings. The van der Waals surface area contributed by atoms with Crippen molar-refractivity contribution in [1.82, 2.24) is 5.32 Å². The molecule has 5 nitrogen and oxygen atoms in total. The summed E-state index contributed by atoms with van der Waals surface area (Å²) >= 11 is 0. The lowest BCUT2D eigenvalue weighted by Gasteiger charge is -2.26. The fraction of sp³-hybridized carbons (Fsp3) is 0.364. The van der Waals surface area contributed by atoms with Crippen LogP contribution in [-0.2, 0) is 11.2 Å². The van der Waals surface area contributed by atoms with Crippen LogP contribution < -0.4 is 16.4 Å². The van der Waals surface area contributed by atoms with E-state index in [0.717, 1.165) is 42.6 Å². The molecule has 2 aliphatic carbocycles. The fourth-order valence-corrected chi connectivity index (χ4v) is 3.85. The zero-order valence-corrected chi connectivity index (χ0v) is 15.5. The summed E-state index contributed by atoms with van der Waals surface area (Å²) < 4.78 is 0. The van der Waals surface area contributed by atoms with Crippen molar-refractivity contribution in [3.8, 4) is 0 Å². The summed E-state index contributed by atoms with van der Waals surface area (Å²) in [7, 11) is 0. The standard InChI is InChI=1S/C22H25N3O2/c1-13-11-19(13)22(27)24-17-8-5-14(6-9-17)21(26)25-20-4-2-3-15-12-16(23)7-10-18(15)20/h5-10,12-13,19-20H,2-4,11,23H2,1H3,(H,24,27)(H,25,26). The summed E-state index contributed by atoms with van der Waals surface area (Å²) in [6.07, 6.45) is 3.92. The first kappa shape index (κ1) is 17.6. The molecule has 2 aromatic carbocycles. The number of hydrogen-bond donors (Lipinski definition) is 3. The molecule has 5 heteroatoms. The van der Waals surface area contributed by atoms with Crippen molar-refractivity contribution in [3.05, 3.63) is 59.2 Å². The Morgan fingerprint density at radius 2 is 1.85 bits per heavy atom. The largest absolute Gasteiger partial charge is 0.399 e. The second kappa shape index (κ2) is 7.06. The predicted molar refractivity (Wildman–Crippen MR) is 106 cm³/mol. The monoisotopic (exact) mass is 363 g/mol. The Labute approximate surface area is 159 Å². The molecule has 4 N–H and O–H groups in total. The van der Waals surface area contributed by atoms with Gasteiger partial charge in [-0.1, -0.05) is 13.0 Å². The van der Waals surface area contributed by atoms with E-state index in [9.17, 15) is 9.59 Å². The summed E-state index contributed by atoms with van der Waals surface area (Å²) in [5.74, 6) is 0.577. The summed E-state index contributed by atoms with van der Waals surface area (Å²) in [4.78, 5) is 24.7. The average molecular weight is 363 g/mol. The van der Waals surface area contributed by atoms with Gasteiger partial charge in [0.05, 0.1) is 6.04 Å². The van der Waals surface area contributed by atoms with E-state index < -0.39 is 0 Å². The van der Waals surface area contributed by atoms with Crippen molar-refractivity contribution in [3.63, 3.8) is 0 Å². The number of hydrogen-bond acceptors (Lipinski definition) is 3. The van der Waals surface area contributed by atoms with E-state index in [1.54, 1.807) is 24.3 Å². The van der Waals surface area contributed by atoms with E-state index >= 15 is 0 Å². The molecule has 0 aromatic heterocycles. The van der Waals surface area contributed by atoms with Crippen LogP contribution >= 0.6 is 0 Å². The van der Waals surface area contributed by atoms with E-state index in [4.69, 9.17) is 5.73 Å². The topological polar surface area (TPSA) is 84.2 Å². The van der Waals surface area contributed by atoms with Crippen molar-refractivity contribution < 1.29 is 9.59 Å². The minimum Gasteiger partial charge on any atom is -0.399 e. The smallest absolute Gasteiger partial charge is 0.251 e. The lowest BCUT2D eigenvalue weighted by molar-refractivity contribution is -0.117. The van der Waals surface area contributed by atoms with Gasteiger partial charge in [-0.2, -0.15) is 0 Å². The second-order valence-corrected chi connectivity index (χ2v) is 7.76.